The van der Waals surface area contributed by atoms with Gasteiger partial charge >= 0.3 is 0 Å². The molecular formula is C20H24ClN3O. The standard InChI is InChI=1S/C20H24ClN3O/c1-16(25)23-9-11-24(12-10-23)20-8-7-19(22-15-20)6-5-17-3-2-4-18(13-17)14-21/h2-4,7-8,13,15H,5-6,9-12,14H2,1H3. The molecule has 0 radical (unpaired) electrons. The van der Waals surface area contributed by atoms with Gasteiger partial charge < -0.3 is 9.80 Å². The fraction of sp³-hybridized carbons (Fsp3) is 0.400. The molecule has 1 aromatic heterocycles. The normalized spacial score (nSPS) is 14.6. The average molecular weight is 358 g/mol. The van der Waals surface area contributed by atoms with Crippen LogP contribution in [0.2, 0.25) is 0 Å². The van der Waals surface area contributed by atoms with E-state index in [4.69, 9.17) is 11.6 Å². The molecule has 4 nitrogen and oxygen atoms in total. The number of anilines is 1. The van der Waals surface area contributed by atoms with Crippen molar-refractivity contribution in [3.8, 4) is 0 Å². The highest BCUT2D eigenvalue weighted by Crippen LogP contribution is 2.17. The molecule has 1 saturated heterocycles. The minimum atomic E-state index is 0.159. The SMILES string of the molecule is CC(=O)N1CCN(c2ccc(CCc3cccc(CCl)c3)nc2)CC1. The van der Waals surface area contributed by atoms with Crippen molar-refractivity contribution in [1.29, 1.82) is 0 Å². The Balaban J connectivity index is 1.54. The smallest absolute Gasteiger partial charge is 0.219 e. The summed E-state index contributed by atoms with van der Waals surface area (Å²) in [5.74, 6) is 0.712. The summed E-state index contributed by atoms with van der Waals surface area (Å²) in [5.41, 5.74) is 4.69. The largest absolute Gasteiger partial charge is 0.367 e. The molecule has 1 aromatic carbocycles. The fourth-order valence-electron chi connectivity index (χ4n) is 3.17. The van der Waals surface area contributed by atoms with Crippen LogP contribution in [0.25, 0.3) is 0 Å². The van der Waals surface area contributed by atoms with Crippen molar-refractivity contribution in [2.75, 3.05) is 31.1 Å². The molecule has 132 valence electrons. The lowest BCUT2D eigenvalue weighted by Crippen LogP contribution is -2.48. The van der Waals surface area contributed by atoms with Gasteiger partial charge in [0, 0.05) is 44.7 Å². The number of hydrogen-bond acceptors (Lipinski definition) is 3. The van der Waals surface area contributed by atoms with E-state index < -0.39 is 0 Å². The molecule has 0 saturated carbocycles. The Kier molecular flexibility index (Phi) is 5.92. The molecule has 5 heteroatoms. The minimum Gasteiger partial charge on any atom is -0.367 e. The van der Waals surface area contributed by atoms with Gasteiger partial charge in [0.25, 0.3) is 0 Å². The molecule has 0 bridgehead atoms. The summed E-state index contributed by atoms with van der Waals surface area (Å²) in [6, 6.07) is 12.7. The molecular weight excluding hydrogens is 334 g/mol. The van der Waals surface area contributed by atoms with Crippen molar-refractivity contribution in [3.05, 3.63) is 59.4 Å². The Bertz CT molecular complexity index is 709. The first-order valence-electron chi connectivity index (χ1n) is 8.75. The van der Waals surface area contributed by atoms with Crippen molar-refractivity contribution >= 4 is 23.2 Å². The van der Waals surface area contributed by atoms with E-state index in [9.17, 15) is 4.79 Å². The predicted molar refractivity (Wildman–Crippen MR) is 102 cm³/mol. The van der Waals surface area contributed by atoms with Gasteiger partial charge in [-0.15, -0.1) is 11.6 Å². The molecule has 3 rings (SSSR count). The first kappa shape index (κ1) is 17.7. The molecule has 25 heavy (non-hydrogen) atoms. The van der Waals surface area contributed by atoms with Gasteiger partial charge in [-0.3, -0.25) is 9.78 Å². The molecule has 1 amide bonds. The lowest BCUT2D eigenvalue weighted by Gasteiger charge is -2.35. The highest BCUT2D eigenvalue weighted by Gasteiger charge is 2.18. The van der Waals surface area contributed by atoms with E-state index in [0.29, 0.717) is 5.88 Å². The molecule has 1 aliphatic rings. The third-order valence-corrected chi connectivity index (χ3v) is 5.02. The van der Waals surface area contributed by atoms with Gasteiger partial charge in [0.05, 0.1) is 11.9 Å². The number of alkyl halides is 1. The van der Waals surface area contributed by atoms with Gasteiger partial charge in [0.1, 0.15) is 0 Å². The van der Waals surface area contributed by atoms with Gasteiger partial charge in [-0.05, 0) is 36.1 Å². The van der Waals surface area contributed by atoms with Crippen molar-refractivity contribution in [2.24, 2.45) is 0 Å². The number of piperazine rings is 1. The third kappa shape index (κ3) is 4.73. The second-order valence-electron chi connectivity index (χ2n) is 6.45. The monoisotopic (exact) mass is 357 g/mol. The summed E-state index contributed by atoms with van der Waals surface area (Å²) in [6.45, 7) is 4.94. The molecule has 0 unspecified atom stereocenters. The summed E-state index contributed by atoms with van der Waals surface area (Å²) < 4.78 is 0. The van der Waals surface area contributed by atoms with Crippen LogP contribution in [0.1, 0.15) is 23.7 Å². The Labute approximate surface area is 154 Å². The summed E-state index contributed by atoms with van der Waals surface area (Å²) >= 11 is 5.89. The van der Waals surface area contributed by atoms with E-state index in [1.54, 1.807) is 6.92 Å². The fourth-order valence-corrected chi connectivity index (χ4v) is 3.34. The van der Waals surface area contributed by atoms with Gasteiger partial charge in [0.15, 0.2) is 0 Å². The Hall–Kier alpha value is -2.07. The zero-order chi connectivity index (χ0) is 17.6. The number of carbonyl (C=O) groups excluding carboxylic acids is 1. The Morgan fingerprint density at radius 3 is 2.48 bits per heavy atom. The summed E-state index contributed by atoms with van der Waals surface area (Å²) in [4.78, 5) is 20.2. The predicted octanol–water partition coefficient (Wildman–Crippen LogP) is 3.27. The first-order chi connectivity index (χ1) is 12.2. The van der Waals surface area contributed by atoms with Crippen LogP contribution in [0.4, 0.5) is 5.69 Å². The highest BCUT2D eigenvalue weighted by molar-refractivity contribution is 6.17. The third-order valence-electron chi connectivity index (χ3n) is 4.71. The number of hydrogen-bond donors (Lipinski definition) is 0. The maximum atomic E-state index is 11.4. The van der Waals surface area contributed by atoms with Crippen LogP contribution in [0.5, 0.6) is 0 Å². The lowest BCUT2D eigenvalue weighted by molar-refractivity contribution is -0.129. The molecule has 0 spiro atoms. The number of benzene rings is 1. The molecule has 0 atom stereocenters. The average Bonchev–Trinajstić information content (AvgIpc) is 2.67. The second kappa shape index (κ2) is 8.34. The number of halogens is 1. The van der Waals surface area contributed by atoms with Crippen molar-refractivity contribution < 1.29 is 4.79 Å². The number of nitrogens with zero attached hydrogens (tertiary/aromatic N) is 3. The van der Waals surface area contributed by atoms with Crippen LogP contribution < -0.4 is 4.90 Å². The van der Waals surface area contributed by atoms with E-state index >= 15 is 0 Å². The molecule has 2 heterocycles. The molecule has 1 fully saturated rings. The minimum absolute atomic E-state index is 0.159. The van der Waals surface area contributed by atoms with E-state index in [1.165, 1.54) is 5.56 Å². The van der Waals surface area contributed by atoms with E-state index in [0.717, 1.165) is 56.0 Å². The molecule has 0 aliphatic carbocycles. The number of aromatic nitrogens is 1. The van der Waals surface area contributed by atoms with Crippen molar-refractivity contribution in [2.45, 2.75) is 25.6 Å². The Morgan fingerprint density at radius 1 is 1.08 bits per heavy atom. The van der Waals surface area contributed by atoms with Crippen LogP contribution in [0.3, 0.4) is 0 Å². The maximum absolute atomic E-state index is 11.4. The van der Waals surface area contributed by atoms with Gasteiger partial charge in [-0.25, -0.2) is 0 Å². The lowest BCUT2D eigenvalue weighted by atomic mass is 10.1. The van der Waals surface area contributed by atoms with Crippen LogP contribution >= 0.6 is 11.6 Å². The number of amides is 1. The van der Waals surface area contributed by atoms with Crippen molar-refractivity contribution in [3.63, 3.8) is 0 Å². The quantitative estimate of drug-likeness (QED) is 0.770. The van der Waals surface area contributed by atoms with Gasteiger partial charge in [0.2, 0.25) is 5.91 Å². The number of pyridine rings is 1. The van der Waals surface area contributed by atoms with Crippen molar-refractivity contribution in [1.82, 2.24) is 9.88 Å². The first-order valence-corrected chi connectivity index (χ1v) is 9.28. The second-order valence-corrected chi connectivity index (χ2v) is 6.72. The van der Waals surface area contributed by atoms with Gasteiger partial charge in [-0.2, -0.15) is 0 Å². The van der Waals surface area contributed by atoms with Gasteiger partial charge in [-0.1, -0.05) is 24.3 Å². The molecule has 0 N–H and O–H groups in total. The van der Waals surface area contributed by atoms with E-state index in [2.05, 4.69) is 46.3 Å². The molecule has 2 aromatic rings. The molecule has 1 aliphatic heterocycles. The van der Waals surface area contributed by atoms with Crippen LogP contribution in [-0.4, -0.2) is 42.0 Å². The highest BCUT2D eigenvalue weighted by atomic mass is 35.5. The number of carbonyl (C=O) groups is 1. The summed E-state index contributed by atoms with van der Waals surface area (Å²) in [7, 11) is 0. The topological polar surface area (TPSA) is 36.4 Å². The Morgan fingerprint density at radius 2 is 1.84 bits per heavy atom. The zero-order valence-corrected chi connectivity index (χ0v) is 15.4. The number of aryl methyl sites for hydroxylation is 2. The van der Waals surface area contributed by atoms with Crippen LogP contribution in [0, 0.1) is 0 Å². The zero-order valence-electron chi connectivity index (χ0n) is 14.6. The maximum Gasteiger partial charge on any atom is 0.219 e. The summed E-state index contributed by atoms with van der Waals surface area (Å²) in [5, 5.41) is 0. The summed E-state index contributed by atoms with van der Waals surface area (Å²) in [6.07, 6.45) is 3.84. The van der Waals surface area contributed by atoms with E-state index in [1.807, 2.05) is 11.1 Å². The number of rotatable bonds is 5. The van der Waals surface area contributed by atoms with Crippen LogP contribution in [0.15, 0.2) is 42.6 Å². The van der Waals surface area contributed by atoms with E-state index in [-0.39, 0.29) is 5.91 Å². The van der Waals surface area contributed by atoms with Crippen LogP contribution in [-0.2, 0) is 23.5 Å².